The highest BCUT2D eigenvalue weighted by Gasteiger charge is 2.00. The normalized spacial score (nSPS) is 10.1. The van der Waals surface area contributed by atoms with Crippen molar-refractivity contribution in [2.75, 3.05) is 10.6 Å². The van der Waals surface area contributed by atoms with E-state index < -0.39 is 0 Å². The molecule has 0 unspecified atom stereocenters. The van der Waals surface area contributed by atoms with Crippen molar-refractivity contribution in [3.63, 3.8) is 0 Å². The zero-order valence-electron chi connectivity index (χ0n) is 11.4. The predicted molar refractivity (Wildman–Crippen MR) is 86.9 cm³/mol. The second-order valence-corrected chi connectivity index (χ2v) is 5.23. The highest BCUT2D eigenvalue weighted by molar-refractivity contribution is 7.80. The molecular formula is C16H18N2S. The first-order valence-electron chi connectivity index (χ1n) is 6.26. The Morgan fingerprint density at radius 2 is 1.37 bits per heavy atom. The summed E-state index contributed by atoms with van der Waals surface area (Å²) in [7, 11) is 0. The zero-order valence-corrected chi connectivity index (χ0v) is 12.3. The molecule has 2 aromatic rings. The van der Waals surface area contributed by atoms with Gasteiger partial charge in [0.15, 0.2) is 5.11 Å². The number of thiocarbonyl (C=S) groups is 1. The van der Waals surface area contributed by atoms with Gasteiger partial charge in [-0.1, -0.05) is 18.2 Å². The maximum Gasteiger partial charge on any atom is 0.175 e. The number of rotatable bonds is 2. The first kappa shape index (κ1) is 13.6. The van der Waals surface area contributed by atoms with Gasteiger partial charge >= 0.3 is 0 Å². The fourth-order valence-electron chi connectivity index (χ4n) is 2.06. The van der Waals surface area contributed by atoms with Crippen molar-refractivity contribution in [2.24, 2.45) is 0 Å². The van der Waals surface area contributed by atoms with Crippen molar-refractivity contribution in [2.45, 2.75) is 20.8 Å². The molecule has 0 aromatic heterocycles. The third kappa shape index (κ3) is 4.07. The number of benzene rings is 2. The summed E-state index contributed by atoms with van der Waals surface area (Å²) in [5.41, 5.74) is 5.67. The minimum absolute atomic E-state index is 0.607. The quantitative estimate of drug-likeness (QED) is 0.790. The Morgan fingerprint density at radius 3 is 2.00 bits per heavy atom. The highest BCUT2D eigenvalue weighted by atomic mass is 32.1. The van der Waals surface area contributed by atoms with E-state index in [4.69, 9.17) is 12.2 Å². The Labute approximate surface area is 119 Å². The first-order chi connectivity index (χ1) is 9.02. The molecule has 2 rings (SSSR count). The van der Waals surface area contributed by atoms with Crippen LogP contribution >= 0.6 is 12.2 Å². The van der Waals surface area contributed by atoms with E-state index in [1.807, 2.05) is 12.1 Å². The fourth-order valence-corrected chi connectivity index (χ4v) is 2.30. The maximum absolute atomic E-state index is 5.33. The monoisotopic (exact) mass is 270 g/mol. The second-order valence-electron chi connectivity index (χ2n) is 4.82. The predicted octanol–water partition coefficient (Wildman–Crippen LogP) is 4.42. The molecule has 2 nitrogen and oxygen atoms in total. The molecule has 0 spiro atoms. The third-order valence-electron chi connectivity index (χ3n) is 2.76. The minimum Gasteiger partial charge on any atom is -0.332 e. The fraction of sp³-hybridized carbons (Fsp3) is 0.188. The van der Waals surface area contributed by atoms with Crippen LogP contribution in [-0.4, -0.2) is 5.11 Å². The number of nitrogens with one attached hydrogen (secondary N) is 2. The molecule has 2 aromatic carbocycles. The lowest BCUT2D eigenvalue weighted by Gasteiger charge is -2.12. The number of hydrogen-bond donors (Lipinski definition) is 2. The van der Waals surface area contributed by atoms with Gasteiger partial charge in [-0.05, 0) is 73.9 Å². The molecule has 0 saturated heterocycles. The Balaban J connectivity index is 2.05. The summed E-state index contributed by atoms with van der Waals surface area (Å²) in [6.07, 6.45) is 0. The van der Waals surface area contributed by atoms with E-state index in [-0.39, 0.29) is 0 Å². The van der Waals surface area contributed by atoms with E-state index in [1.165, 1.54) is 16.7 Å². The number of aryl methyl sites for hydroxylation is 3. The van der Waals surface area contributed by atoms with Gasteiger partial charge in [0.2, 0.25) is 0 Å². The van der Waals surface area contributed by atoms with Gasteiger partial charge in [-0.15, -0.1) is 0 Å². The molecule has 0 aliphatic heterocycles. The molecule has 0 amide bonds. The molecule has 0 bridgehead atoms. The van der Waals surface area contributed by atoms with E-state index in [0.717, 1.165) is 11.4 Å². The SMILES string of the molecule is Cc1cccc(NC(=S)Nc2cc(C)cc(C)c2)c1. The van der Waals surface area contributed by atoms with Gasteiger partial charge in [0.25, 0.3) is 0 Å². The van der Waals surface area contributed by atoms with Crippen molar-refractivity contribution in [1.82, 2.24) is 0 Å². The van der Waals surface area contributed by atoms with Crippen molar-refractivity contribution >= 4 is 28.7 Å². The van der Waals surface area contributed by atoms with Crippen LogP contribution < -0.4 is 10.6 Å². The van der Waals surface area contributed by atoms with Gasteiger partial charge in [-0.3, -0.25) is 0 Å². The molecule has 0 atom stereocenters. The summed E-state index contributed by atoms with van der Waals surface area (Å²) in [5.74, 6) is 0. The third-order valence-corrected chi connectivity index (χ3v) is 2.96. The summed E-state index contributed by atoms with van der Waals surface area (Å²) in [6.45, 7) is 6.22. The van der Waals surface area contributed by atoms with Gasteiger partial charge in [0.1, 0.15) is 0 Å². The summed E-state index contributed by atoms with van der Waals surface area (Å²) in [6, 6.07) is 14.4. The molecule has 0 heterocycles. The van der Waals surface area contributed by atoms with Crippen LogP contribution in [0.5, 0.6) is 0 Å². The Hall–Kier alpha value is -1.87. The standard InChI is InChI=1S/C16H18N2S/c1-11-5-4-6-14(8-11)17-16(19)18-15-9-12(2)7-13(3)10-15/h4-10H,1-3H3,(H2,17,18,19). The van der Waals surface area contributed by atoms with Gasteiger partial charge in [0.05, 0.1) is 0 Å². The average Bonchev–Trinajstić information content (AvgIpc) is 2.26. The van der Waals surface area contributed by atoms with Crippen LogP contribution in [0.1, 0.15) is 16.7 Å². The summed E-state index contributed by atoms with van der Waals surface area (Å²) < 4.78 is 0. The average molecular weight is 270 g/mol. The molecule has 98 valence electrons. The van der Waals surface area contributed by atoms with Crippen LogP contribution in [0.25, 0.3) is 0 Å². The zero-order chi connectivity index (χ0) is 13.8. The minimum atomic E-state index is 0.607. The number of hydrogen-bond acceptors (Lipinski definition) is 1. The summed E-state index contributed by atoms with van der Waals surface area (Å²) in [5, 5.41) is 7.01. The largest absolute Gasteiger partial charge is 0.332 e. The molecule has 19 heavy (non-hydrogen) atoms. The molecule has 2 N–H and O–H groups in total. The molecule has 0 fully saturated rings. The van der Waals surface area contributed by atoms with E-state index in [2.05, 4.69) is 61.7 Å². The number of anilines is 2. The molecule has 0 radical (unpaired) electrons. The van der Waals surface area contributed by atoms with E-state index in [9.17, 15) is 0 Å². The van der Waals surface area contributed by atoms with Crippen molar-refractivity contribution < 1.29 is 0 Å². The van der Waals surface area contributed by atoms with Crippen LogP contribution in [0.3, 0.4) is 0 Å². The Bertz CT molecular complexity index is 585. The first-order valence-corrected chi connectivity index (χ1v) is 6.67. The van der Waals surface area contributed by atoms with E-state index in [1.54, 1.807) is 0 Å². The van der Waals surface area contributed by atoms with E-state index >= 15 is 0 Å². The van der Waals surface area contributed by atoms with Gasteiger partial charge < -0.3 is 10.6 Å². The van der Waals surface area contributed by atoms with Gasteiger partial charge in [0, 0.05) is 11.4 Å². The topological polar surface area (TPSA) is 24.1 Å². The van der Waals surface area contributed by atoms with Gasteiger partial charge in [-0.25, -0.2) is 0 Å². The van der Waals surface area contributed by atoms with Crippen LogP contribution in [0, 0.1) is 20.8 Å². The molecular weight excluding hydrogens is 252 g/mol. The second kappa shape index (κ2) is 5.85. The Morgan fingerprint density at radius 1 is 0.789 bits per heavy atom. The summed E-state index contributed by atoms with van der Waals surface area (Å²) in [4.78, 5) is 0. The lowest BCUT2D eigenvalue weighted by Crippen LogP contribution is -2.19. The molecule has 0 aliphatic carbocycles. The van der Waals surface area contributed by atoms with Crippen molar-refractivity contribution in [3.8, 4) is 0 Å². The van der Waals surface area contributed by atoms with E-state index in [0.29, 0.717) is 5.11 Å². The smallest absolute Gasteiger partial charge is 0.175 e. The van der Waals surface area contributed by atoms with Crippen molar-refractivity contribution in [1.29, 1.82) is 0 Å². The van der Waals surface area contributed by atoms with Crippen LogP contribution in [0.2, 0.25) is 0 Å². The summed E-state index contributed by atoms with van der Waals surface area (Å²) >= 11 is 5.33. The van der Waals surface area contributed by atoms with Crippen LogP contribution in [-0.2, 0) is 0 Å². The van der Waals surface area contributed by atoms with Crippen LogP contribution in [0.15, 0.2) is 42.5 Å². The van der Waals surface area contributed by atoms with Crippen molar-refractivity contribution in [3.05, 3.63) is 59.2 Å². The lowest BCUT2D eigenvalue weighted by molar-refractivity contribution is 1.38. The lowest BCUT2D eigenvalue weighted by atomic mass is 10.1. The van der Waals surface area contributed by atoms with Crippen LogP contribution in [0.4, 0.5) is 11.4 Å². The van der Waals surface area contributed by atoms with Gasteiger partial charge in [-0.2, -0.15) is 0 Å². The molecule has 0 aliphatic rings. The highest BCUT2D eigenvalue weighted by Crippen LogP contribution is 2.15. The maximum atomic E-state index is 5.33. The Kier molecular flexibility index (Phi) is 4.17. The molecule has 3 heteroatoms. The molecule has 0 saturated carbocycles.